The van der Waals surface area contributed by atoms with Crippen molar-refractivity contribution in [1.29, 1.82) is 0 Å². The van der Waals surface area contributed by atoms with Crippen LogP contribution >= 0.6 is 0 Å². The molecule has 1 aliphatic carbocycles. The molecule has 0 aliphatic heterocycles. The van der Waals surface area contributed by atoms with Gasteiger partial charge in [-0.05, 0) is 58.4 Å². The third-order valence-corrected chi connectivity index (χ3v) is 6.53. The second-order valence-electron chi connectivity index (χ2n) is 8.78. The molecule has 1 aliphatic rings. The summed E-state index contributed by atoms with van der Waals surface area (Å²) in [5.74, 6) is 0. The smallest absolute Gasteiger partial charge is 0.0544 e. The zero-order valence-electron chi connectivity index (χ0n) is 16.8. The lowest BCUT2D eigenvalue weighted by Crippen LogP contribution is -2.25. The molecule has 0 bridgehead atoms. The van der Waals surface area contributed by atoms with Crippen molar-refractivity contribution in [2.24, 2.45) is 0 Å². The van der Waals surface area contributed by atoms with Gasteiger partial charge in [-0.1, -0.05) is 80.6 Å². The molecule has 0 unspecified atom stereocenters. The highest BCUT2D eigenvalue weighted by Gasteiger charge is 2.32. The predicted molar refractivity (Wildman–Crippen MR) is 123 cm³/mol. The highest BCUT2D eigenvalue weighted by molar-refractivity contribution is 6.13. The van der Waals surface area contributed by atoms with Crippen LogP contribution in [0.1, 0.15) is 25.0 Å². The van der Waals surface area contributed by atoms with Crippen LogP contribution in [0.2, 0.25) is 0 Å². The van der Waals surface area contributed by atoms with Crippen LogP contribution in [0.4, 0.5) is 0 Å². The van der Waals surface area contributed by atoms with Crippen LogP contribution in [0.3, 0.4) is 0 Å². The van der Waals surface area contributed by atoms with E-state index in [1.54, 1.807) is 0 Å². The molecule has 5 aromatic rings. The van der Waals surface area contributed by atoms with E-state index >= 15 is 0 Å². The average molecular weight is 373 g/mol. The largest absolute Gasteiger partial charge is 0.309 e. The van der Waals surface area contributed by atoms with Crippen molar-refractivity contribution in [1.82, 2.24) is 4.57 Å². The molecule has 0 fully saturated rings. The van der Waals surface area contributed by atoms with Gasteiger partial charge in [-0.25, -0.2) is 0 Å². The summed E-state index contributed by atoms with van der Waals surface area (Å²) in [5, 5.41) is 2.75. The number of hydrogen-bond donors (Lipinski definition) is 0. The fourth-order valence-electron chi connectivity index (χ4n) is 5.27. The lowest BCUT2D eigenvalue weighted by molar-refractivity contribution is 0.519. The third-order valence-electron chi connectivity index (χ3n) is 6.53. The summed E-state index contributed by atoms with van der Waals surface area (Å²) in [6.45, 7) is 4.76. The lowest BCUT2D eigenvalue weighted by Gasteiger charge is -2.34. The molecule has 4 aromatic carbocycles. The molecule has 6 rings (SSSR count). The highest BCUT2D eigenvalue weighted by Crippen LogP contribution is 2.47. The highest BCUT2D eigenvalue weighted by atomic mass is 15.0. The number of benzene rings is 4. The molecule has 0 saturated heterocycles. The molecular weight excluding hydrogens is 350 g/mol. The zero-order chi connectivity index (χ0) is 19.6. The Morgan fingerprint density at radius 2 is 1.38 bits per heavy atom. The summed E-state index contributed by atoms with van der Waals surface area (Å²) in [7, 11) is 0. The van der Waals surface area contributed by atoms with Crippen LogP contribution in [0.15, 0.2) is 91.0 Å². The Kier molecular flexibility index (Phi) is 3.35. The van der Waals surface area contributed by atoms with E-state index in [1.807, 2.05) is 0 Å². The maximum Gasteiger partial charge on any atom is 0.0544 e. The lowest BCUT2D eigenvalue weighted by atomic mass is 9.69. The van der Waals surface area contributed by atoms with Gasteiger partial charge < -0.3 is 4.57 Å². The summed E-state index contributed by atoms with van der Waals surface area (Å²) in [6.07, 6.45) is 1.06. The maximum atomic E-state index is 2.42. The van der Waals surface area contributed by atoms with E-state index in [2.05, 4.69) is 109 Å². The summed E-state index contributed by atoms with van der Waals surface area (Å²) >= 11 is 0. The minimum atomic E-state index is 0.119. The molecule has 1 aromatic heterocycles. The first-order valence-corrected chi connectivity index (χ1v) is 10.4. The molecule has 0 radical (unpaired) electrons. The van der Waals surface area contributed by atoms with Gasteiger partial charge in [0.15, 0.2) is 0 Å². The van der Waals surface area contributed by atoms with Crippen molar-refractivity contribution in [3.8, 4) is 16.8 Å². The Bertz CT molecular complexity index is 1390. The van der Waals surface area contributed by atoms with Gasteiger partial charge in [0.1, 0.15) is 0 Å². The van der Waals surface area contributed by atoms with Gasteiger partial charge in [0.05, 0.1) is 11.0 Å². The Hall–Kier alpha value is -3.32. The Morgan fingerprint density at radius 1 is 0.655 bits per heavy atom. The Balaban J connectivity index is 1.79. The summed E-state index contributed by atoms with van der Waals surface area (Å²) < 4.78 is 2.42. The molecule has 1 nitrogen and oxygen atoms in total. The molecule has 0 atom stereocenters. The van der Waals surface area contributed by atoms with Gasteiger partial charge in [-0.2, -0.15) is 0 Å². The number of para-hydroxylation sites is 2. The predicted octanol–water partition coefficient (Wildman–Crippen LogP) is 7.28. The van der Waals surface area contributed by atoms with Crippen molar-refractivity contribution in [3.05, 3.63) is 102 Å². The molecular formula is C28H23N. The first-order valence-electron chi connectivity index (χ1n) is 10.4. The van der Waals surface area contributed by atoms with Crippen LogP contribution < -0.4 is 0 Å². The van der Waals surface area contributed by atoms with Gasteiger partial charge in [0.2, 0.25) is 0 Å². The average Bonchev–Trinajstić information content (AvgIpc) is 3.09. The van der Waals surface area contributed by atoms with Gasteiger partial charge in [-0.3, -0.25) is 0 Å². The molecule has 0 spiro atoms. The minimum Gasteiger partial charge on any atom is -0.309 e. The third kappa shape index (κ3) is 2.28. The molecule has 1 heteroatoms. The molecule has 0 N–H and O–H groups in total. The van der Waals surface area contributed by atoms with Crippen LogP contribution in [0, 0.1) is 0 Å². The van der Waals surface area contributed by atoms with Crippen molar-refractivity contribution in [2.45, 2.75) is 25.7 Å². The minimum absolute atomic E-state index is 0.119. The molecule has 0 amide bonds. The number of fused-ring (bicyclic) bond motifs is 7. The first kappa shape index (κ1) is 16.6. The summed E-state index contributed by atoms with van der Waals surface area (Å²) in [5.41, 5.74) is 9.63. The normalized spacial score (nSPS) is 14.7. The molecule has 140 valence electrons. The SMILES string of the molecule is CC1(C)Cc2c(ccc3c2c2ccccc2n3-c2ccccc2)-c2ccccc21. The van der Waals surface area contributed by atoms with E-state index in [0.717, 1.165) is 6.42 Å². The summed E-state index contributed by atoms with van der Waals surface area (Å²) in [4.78, 5) is 0. The van der Waals surface area contributed by atoms with Gasteiger partial charge in [0.25, 0.3) is 0 Å². The second kappa shape index (κ2) is 5.84. The number of nitrogens with zero attached hydrogens (tertiary/aromatic N) is 1. The van der Waals surface area contributed by atoms with Crippen molar-refractivity contribution in [2.75, 3.05) is 0 Å². The summed E-state index contributed by atoms with van der Waals surface area (Å²) in [6, 6.07) is 33.1. The number of rotatable bonds is 1. The molecule has 0 saturated carbocycles. The molecule has 1 heterocycles. The van der Waals surface area contributed by atoms with E-state index in [4.69, 9.17) is 0 Å². The van der Waals surface area contributed by atoms with Crippen molar-refractivity contribution in [3.63, 3.8) is 0 Å². The van der Waals surface area contributed by atoms with Crippen molar-refractivity contribution >= 4 is 21.8 Å². The van der Waals surface area contributed by atoms with E-state index in [0.29, 0.717) is 0 Å². The standard InChI is InChI=1S/C28H23N/c1-28(2)18-23-20(21-12-6-8-14-24(21)28)16-17-26-27(23)22-13-7-9-15-25(22)29(26)19-10-4-3-5-11-19/h3-17H,18H2,1-2H3. The van der Waals surface area contributed by atoms with E-state index in [1.165, 1.54) is 49.7 Å². The quantitative estimate of drug-likeness (QED) is 0.291. The molecule has 29 heavy (non-hydrogen) atoms. The number of hydrogen-bond acceptors (Lipinski definition) is 0. The first-order chi connectivity index (χ1) is 14.1. The van der Waals surface area contributed by atoms with Crippen LogP contribution in [0.25, 0.3) is 38.6 Å². The van der Waals surface area contributed by atoms with Gasteiger partial charge >= 0.3 is 0 Å². The van der Waals surface area contributed by atoms with Crippen molar-refractivity contribution < 1.29 is 0 Å². The zero-order valence-corrected chi connectivity index (χ0v) is 16.8. The van der Waals surface area contributed by atoms with Crippen LogP contribution in [0.5, 0.6) is 0 Å². The van der Waals surface area contributed by atoms with E-state index in [-0.39, 0.29) is 5.41 Å². The van der Waals surface area contributed by atoms with Gasteiger partial charge in [0, 0.05) is 16.5 Å². The van der Waals surface area contributed by atoms with Crippen LogP contribution in [-0.2, 0) is 11.8 Å². The van der Waals surface area contributed by atoms with Crippen LogP contribution in [-0.4, -0.2) is 4.57 Å². The van der Waals surface area contributed by atoms with E-state index < -0.39 is 0 Å². The number of aromatic nitrogens is 1. The Morgan fingerprint density at radius 3 is 2.24 bits per heavy atom. The fourth-order valence-corrected chi connectivity index (χ4v) is 5.27. The second-order valence-corrected chi connectivity index (χ2v) is 8.78. The maximum absolute atomic E-state index is 2.42. The van der Waals surface area contributed by atoms with E-state index in [9.17, 15) is 0 Å². The monoisotopic (exact) mass is 373 g/mol. The fraction of sp³-hybridized carbons (Fsp3) is 0.143. The van der Waals surface area contributed by atoms with Gasteiger partial charge in [-0.15, -0.1) is 0 Å². The Labute approximate surface area is 171 Å². The topological polar surface area (TPSA) is 4.93 Å².